The third kappa shape index (κ3) is 6.85. The highest BCUT2D eigenvalue weighted by atomic mass is 15.1. The molecule has 7 nitrogen and oxygen atoms in total. The topological polar surface area (TPSA) is 81.8 Å². The van der Waals surface area contributed by atoms with Crippen LogP contribution < -0.4 is 10.6 Å². The molecule has 0 spiro atoms. The lowest BCUT2D eigenvalue weighted by atomic mass is 9.92. The van der Waals surface area contributed by atoms with E-state index in [1.54, 1.807) is 6.20 Å². The Morgan fingerprint density at radius 1 is 0.861 bits per heavy atom. The van der Waals surface area contributed by atoms with Gasteiger partial charge in [0.25, 0.3) is 0 Å². The fourth-order valence-corrected chi connectivity index (χ4v) is 4.84. The number of pyridine rings is 2. The predicted molar refractivity (Wildman–Crippen MR) is 142 cm³/mol. The first kappa shape index (κ1) is 24.3. The maximum atomic E-state index is 4.66. The van der Waals surface area contributed by atoms with Crippen LogP contribution >= 0.6 is 0 Å². The zero-order valence-electron chi connectivity index (χ0n) is 20.7. The minimum Gasteiger partial charge on any atom is -0.348 e. The number of fused-ring (bicyclic) bond motifs is 1. The molecular formula is C29H35N7. The smallest absolute Gasteiger partial charge is 0.120 e. The molecule has 3 aromatic heterocycles. The standard InChI is InChI=1S/C29H35N7/c1-2-13-31-26(7-1)22-36(18-17-30-20-28-32-15-16-33-28)21-24-11-9-23(10-12-24)19-35-27-8-3-5-25-6-4-14-34-29(25)27/h1-2,4,6-7,9-16,27,30,35H,3,5,8,17-22H2,(H,32,33). The van der Waals surface area contributed by atoms with E-state index in [4.69, 9.17) is 0 Å². The largest absolute Gasteiger partial charge is 0.348 e. The maximum Gasteiger partial charge on any atom is 0.120 e. The van der Waals surface area contributed by atoms with Crippen molar-refractivity contribution in [2.45, 2.75) is 51.5 Å². The molecule has 1 unspecified atom stereocenters. The van der Waals surface area contributed by atoms with Crippen LogP contribution in [0, 0.1) is 0 Å². The van der Waals surface area contributed by atoms with E-state index in [1.165, 1.54) is 28.8 Å². The molecule has 5 rings (SSSR count). The summed E-state index contributed by atoms with van der Waals surface area (Å²) < 4.78 is 0. The Hall–Kier alpha value is -3.39. The Morgan fingerprint density at radius 2 is 1.75 bits per heavy atom. The quantitative estimate of drug-likeness (QED) is 0.264. The molecule has 1 atom stereocenters. The first-order valence-electron chi connectivity index (χ1n) is 12.9. The van der Waals surface area contributed by atoms with Gasteiger partial charge in [-0.2, -0.15) is 0 Å². The van der Waals surface area contributed by atoms with Crippen LogP contribution in [-0.2, 0) is 32.6 Å². The zero-order valence-corrected chi connectivity index (χ0v) is 20.7. The van der Waals surface area contributed by atoms with Gasteiger partial charge in [-0.15, -0.1) is 0 Å². The first-order valence-corrected chi connectivity index (χ1v) is 12.9. The van der Waals surface area contributed by atoms with Crippen LogP contribution in [0.2, 0.25) is 0 Å². The van der Waals surface area contributed by atoms with Crippen molar-refractivity contribution < 1.29 is 0 Å². The molecule has 1 aliphatic carbocycles. The first-order chi connectivity index (χ1) is 17.8. The van der Waals surface area contributed by atoms with Gasteiger partial charge in [-0.05, 0) is 54.2 Å². The van der Waals surface area contributed by atoms with Crippen molar-refractivity contribution in [3.05, 3.63) is 113 Å². The molecule has 3 N–H and O–H groups in total. The summed E-state index contributed by atoms with van der Waals surface area (Å²) in [5.74, 6) is 0.961. The normalized spacial score (nSPS) is 15.2. The van der Waals surface area contributed by atoms with E-state index >= 15 is 0 Å². The summed E-state index contributed by atoms with van der Waals surface area (Å²) in [6.07, 6.45) is 10.9. The lowest BCUT2D eigenvalue weighted by Gasteiger charge is -2.25. The van der Waals surface area contributed by atoms with Gasteiger partial charge in [0.15, 0.2) is 0 Å². The summed E-state index contributed by atoms with van der Waals surface area (Å²) >= 11 is 0. The van der Waals surface area contributed by atoms with Gasteiger partial charge < -0.3 is 15.6 Å². The van der Waals surface area contributed by atoms with Crippen molar-refractivity contribution >= 4 is 0 Å². The van der Waals surface area contributed by atoms with Crippen molar-refractivity contribution in [1.29, 1.82) is 0 Å². The summed E-state index contributed by atoms with van der Waals surface area (Å²) in [7, 11) is 0. The molecule has 1 aliphatic rings. The highest BCUT2D eigenvalue weighted by Gasteiger charge is 2.20. The number of benzene rings is 1. The second-order valence-electron chi connectivity index (χ2n) is 9.43. The van der Waals surface area contributed by atoms with E-state index in [0.29, 0.717) is 6.04 Å². The molecule has 0 fully saturated rings. The number of aromatic amines is 1. The number of H-pyrrole nitrogens is 1. The molecule has 4 aromatic rings. The molecule has 0 bridgehead atoms. The Morgan fingerprint density at radius 3 is 2.58 bits per heavy atom. The third-order valence-corrected chi connectivity index (χ3v) is 6.74. The number of imidazole rings is 1. The van der Waals surface area contributed by atoms with Crippen molar-refractivity contribution in [3.63, 3.8) is 0 Å². The second kappa shape index (κ2) is 12.5. The summed E-state index contributed by atoms with van der Waals surface area (Å²) in [5, 5.41) is 7.22. The average molecular weight is 482 g/mol. The van der Waals surface area contributed by atoms with E-state index in [9.17, 15) is 0 Å². The van der Waals surface area contributed by atoms with E-state index < -0.39 is 0 Å². The Labute approximate surface area is 213 Å². The summed E-state index contributed by atoms with van der Waals surface area (Å²) in [5.41, 5.74) is 6.32. The van der Waals surface area contributed by atoms with Crippen molar-refractivity contribution in [3.8, 4) is 0 Å². The predicted octanol–water partition coefficient (Wildman–Crippen LogP) is 4.16. The van der Waals surface area contributed by atoms with Gasteiger partial charge >= 0.3 is 0 Å². The van der Waals surface area contributed by atoms with Crippen molar-refractivity contribution in [2.75, 3.05) is 13.1 Å². The molecule has 7 heteroatoms. The zero-order chi connectivity index (χ0) is 24.4. The van der Waals surface area contributed by atoms with Gasteiger partial charge in [0.2, 0.25) is 0 Å². The minimum absolute atomic E-state index is 0.345. The van der Waals surface area contributed by atoms with E-state index in [2.05, 4.69) is 77.9 Å². The number of aryl methyl sites for hydroxylation is 1. The van der Waals surface area contributed by atoms with Crippen LogP contribution in [0.25, 0.3) is 0 Å². The fourth-order valence-electron chi connectivity index (χ4n) is 4.84. The van der Waals surface area contributed by atoms with E-state index in [-0.39, 0.29) is 0 Å². The monoisotopic (exact) mass is 481 g/mol. The summed E-state index contributed by atoms with van der Waals surface area (Å²) in [6.45, 7) is 5.11. The van der Waals surface area contributed by atoms with Crippen LogP contribution in [-0.4, -0.2) is 37.9 Å². The van der Waals surface area contributed by atoms with Gasteiger partial charge in [0.05, 0.1) is 24.0 Å². The fraction of sp³-hybridized carbons (Fsp3) is 0.345. The summed E-state index contributed by atoms with van der Waals surface area (Å²) in [4.78, 5) is 19.1. The van der Waals surface area contributed by atoms with E-state index in [0.717, 1.165) is 63.6 Å². The molecule has 0 saturated carbocycles. The van der Waals surface area contributed by atoms with Crippen LogP contribution in [0.1, 0.15) is 52.8 Å². The number of aromatic nitrogens is 4. The Balaban J connectivity index is 1.15. The van der Waals surface area contributed by atoms with Crippen LogP contribution in [0.15, 0.2) is 79.4 Å². The van der Waals surface area contributed by atoms with Gasteiger partial charge in [-0.25, -0.2) is 4.98 Å². The number of nitrogens with one attached hydrogen (secondary N) is 3. The minimum atomic E-state index is 0.345. The molecule has 0 radical (unpaired) electrons. The highest BCUT2D eigenvalue weighted by molar-refractivity contribution is 5.26. The molecule has 3 heterocycles. The molecule has 0 aliphatic heterocycles. The van der Waals surface area contributed by atoms with Crippen molar-refractivity contribution in [2.24, 2.45) is 0 Å². The molecule has 36 heavy (non-hydrogen) atoms. The lowest BCUT2D eigenvalue weighted by molar-refractivity contribution is 0.253. The third-order valence-electron chi connectivity index (χ3n) is 6.74. The van der Waals surface area contributed by atoms with Gasteiger partial charge in [-0.3, -0.25) is 14.9 Å². The van der Waals surface area contributed by atoms with Gasteiger partial charge in [0, 0.05) is 57.5 Å². The van der Waals surface area contributed by atoms with Gasteiger partial charge in [-0.1, -0.05) is 36.4 Å². The number of rotatable bonds is 12. The van der Waals surface area contributed by atoms with Crippen LogP contribution in [0.4, 0.5) is 0 Å². The molecule has 186 valence electrons. The molecule has 1 aromatic carbocycles. The van der Waals surface area contributed by atoms with Gasteiger partial charge in [0.1, 0.15) is 5.82 Å². The van der Waals surface area contributed by atoms with Crippen LogP contribution in [0.3, 0.4) is 0 Å². The molecule has 0 amide bonds. The average Bonchev–Trinajstić information content (AvgIpc) is 3.45. The SMILES string of the molecule is c1ccc(CN(CCNCc2ncc[nH]2)Cc2ccc(CNC3CCCc4cccnc43)cc2)nc1. The molecular weight excluding hydrogens is 446 g/mol. The summed E-state index contributed by atoms with van der Waals surface area (Å²) in [6, 6.07) is 19.7. The number of hydrogen-bond acceptors (Lipinski definition) is 6. The lowest BCUT2D eigenvalue weighted by Crippen LogP contribution is -2.31. The Bertz CT molecular complexity index is 1180. The Kier molecular flexibility index (Phi) is 8.46. The highest BCUT2D eigenvalue weighted by Crippen LogP contribution is 2.27. The van der Waals surface area contributed by atoms with E-state index in [1.807, 2.05) is 30.7 Å². The van der Waals surface area contributed by atoms with Crippen LogP contribution in [0.5, 0.6) is 0 Å². The second-order valence-corrected chi connectivity index (χ2v) is 9.43. The maximum absolute atomic E-state index is 4.66. The number of nitrogens with zero attached hydrogens (tertiary/aromatic N) is 4. The number of hydrogen-bond donors (Lipinski definition) is 3. The van der Waals surface area contributed by atoms with Crippen molar-refractivity contribution in [1.82, 2.24) is 35.5 Å². The molecule has 0 saturated heterocycles.